The van der Waals surface area contributed by atoms with Gasteiger partial charge in [0.1, 0.15) is 12.1 Å². The third-order valence-corrected chi connectivity index (χ3v) is 3.45. The van der Waals surface area contributed by atoms with Crippen LogP contribution < -0.4 is 11.1 Å². The first-order valence-electron chi connectivity index (χ1n) is 6.94. The van der Waals surface area contributed by atoms with Crippen LogP contribution >= 0.6 is 0 Å². The van der Waals surface area contributed by atoms with Crippen LogP contribution in [0, 0.1) is 0 Å². The number of para-hydroxylation sites is 1. The minimum atomic E-state index is -1.36. The Morgan fingerprint density at radius 1 is 1.17 bits per heavy atom. The van der Waals surface area contributed by atoms with Gasteiger partial charge >= 0.3 is 11.9 Å². The number of nitrogens with one attached hydrogen (secondary N) is 2. The van der Waals surface area contributed by atoms with Gasteiger partial charge < -0.3 is 26.2 Å². The van der Waals surface area contributed by atoms with E-state index in [1.54, 1.807) is 6.20 Å². The topological polar surface area (TPSA) is 146 Å². The van der Waals surface area contributed by atoms with Crippen molar-refractivity contribution in [3.63, 3.8) is 0 Å². The Kier molecular flexibility index (Phi) is 4.97. The van der Waals surface area contributed by atoms with Crippen LogP contribution in [0.3, 0.4) is 0 Å². The SMILES string of the molecule is N[C@H](CC(=O)N[C@@H](Cc1c[nH]c2ccccc12)C(=O)O)C(=O)O. The van der Waals surface area contributed by atoms with E-state index in [-0.39, 0.29) is 6.42 Å². The summed E-state index contributed by atoms with van der Waals surface area (Å²) in [7, 11) is 0. The molecule has 2 atom stereocenters. The summed E-state index contributed by atoms with van der Waals surface area (Å²) < 4.78 is 0. The lowest BCUT2D eigenvalue weighted by Gasteiger charge is -2.15. The number of amides is 1. The van der Waals surface area contributed by atoms with Gasteiger partial charge in [-0.25, -0.2) is 4.79 Å². The number of carbonyl (C=O) groups is 3. The van der Waals surface area contributed by atoms with Crippen LogP contribution in [0.4, 0.5) is 0 Å². The normalized spacial score (nSPS) is 13.4. The fourth-order valence-corrected chi connectivity index (χ4v) is 2.26. The lowest BCUT2D eigenvalue weighted by atomic mass is 10.0. The number of rotatable bonds is 7. The zero-order valence-electron chi connectivity index (χ0n) is 12.2. The number of hydrogen-bond donors (Lipinski definition) is 5. The van der Waals surface area contributed by atoms with Gasteiger partial charge in [-0.05, 0) is 11.6 Å². The molecule has 2 rings (SSSR count). The fourth-order valence-electron chi connectivity index (χ4n) is 2.26. The standard InChI is InChI=1S/C15H17N3O5/c16-10(14(20)21)6-13(19)18-12(15(22)23)5-8-7-17-11-4-2-1-3-9(8)11/h1-4,7,10,12,17H,5-6,16H2,(H,18,19)(H,20,21)(H,22,23)/t10-,12+/m1/s1. The Labute approximate surface area is 131 Å². The Morgan fingerprint density at radius 3 is 2.52 bits per heavy atom. The largest absolute Gasteiger partial charge is 0.480 e. The highest BCUT2D eigenvalue weighted by molar-refractivity contribution is 5.88. The van der Waals surface area contributed by atoms with Crippen LogP contribution in [0.15, 0.2) is 30.5 Å². The minimum absolute atomic E-state index is 0.0768. The molecule has 1 aromatic carbocycles. The van der Waals surface area contributed by atoms with Crippen molar-refractivity contribution in [2.75, 3.05) is 0 Å². The molecule has 8 nitrogen and oxygen atoms in total. The molecule has 0 spiro atoms. The van der Waals surface area contributed by atoms with E-state index in [9.17, 15) is 19.5 Å². The second-order valence-corrected chi connectivity index (χ2v) is 5.17. The van der Waals surface area contributed by atoms with Crippen LogP contribution in [-0.4, -0.2) is 45.1 Å². The van der Waals surface area contributed by atoms with Crippen molar-refractivity contribution in [2.24, 2.45) is 5.73 Å². The van der Waals surface area contributed by atoms with Crippen molar-refractivity contribution in [1.82, 2.24) is 10.3 Å². The molecule has 0 radical (unpaired) electrons. The molecule has 0 bridgehead atoms. The van der Waals surface area contributed by atoms with Crippen molar-refractivity contribution >= 4 is 28.7 Å². The third-order valence-electron chi connectivity index (χ3n) is 3.45. The van der Waals surface area contributed by atoms with Gasteiger partial charge in [0.25, 0.3) is 0 Å². The monoisotopic (exact) mass is 319 g/mol. The van der Waals surface area contributed by atoms with Crippen LogP contribution in [-0.2, 0) is 20.8 Å². The molecule has 122 valence electrons. The maximum atomic E-state index is 11.7. The molecule has 23 heavy (non-hydrogen) atoms. The lowest BCUT2D eigenvalue weighted by Crippen LogP contribution is -2.45. The summed E-state index contributed by atoms with van der Waals surface area (Å²) in [6.07, 6.45) is 1.29. The first-order valence-corrected chi connectivity index (χ1v) is 6.94. The summed E-state index contributed by atoms with van der Waals surface area (Å²) in [4.78, 5) is 36.7. The van der Waals surface area contributed by atoms with E-state index in [4.69, 9.17) is 10.8 Å². The zero-order chi connectivity index (χ0) is 17.0. The third kappa shape index (κ3) is 4.07. The van der Waals surface area contributed by atoms with Crippen molar-refractivity contribution in [1.29, 1.82) is 0 Å². The van der Waals surface area contributed by atoms with E-state index in [1.807, 2.05) is 24.3 Å². The Morgan fingerprint density at radius 2 is 1.87 bits per heavy atom. The molecule has 0 unspecified atom stereocenters. The number of aromatic nitrogens is 1. The van der Waals surface area contributed by atoms with Gasteiger partial charge in [0, 0.05) is 23.5 Å². The minimum Gasteiger partial charge on any atom is -0.480 e. The van der Waals surface area contributed by atoms with Crippen molar-refractivity contribution in [2.45, 2.75) is 24.9 Å². The molecular weight excluding hydrogens is 302 g/mol. The number of carbonyl (C=O) groups excluding carboxylic acids is 1. The van der Waals surface area contributed by atoms with Gasteiger partial charge in [-0.2, -0.15) is 0 Å². The van der Waals surface area contributed by atoms with Crippen molar-refractivity contribution in [3.8, 4) is 0 Å². The van der Waals surface area contributed by atoms with Gasteiger partial charge in [0.2, 0.25) is 5.91 Å². The highest BCUT2D eigenvalue weighted by Gasteiger charge is 2.24. The number of nitrogens with two attached hydrogens (primary N) is 1. The van der Waals surface area contributed by atoms with E-state index in [1.165, 1.54) is 0 Å². The van der Waals surface area contributed by atoms with Crippen LogP contribution in [0.25, 0.3) is 10.9 Å². The Bertz CT molecular complexity index is 740. The maximum Gasteiger partial charge on any atom is 0.326 e. The Balaban J connectivity index is 2.09. The molecule has 0 aliphatic carbocycles. The predicted octanol–water partition coefficient (Wildman–Crippen LogP) is 0.0818. The van der Waals surface area contributed by atoms with Crippen LogP contribution in [0.1, 0.15) is 12.0 Å². The molecule has 0 fully saturated rings. The van der Waals surface area contributed by atoms with E-state index in [0.29, 0.717) is 0 Å². The molecule has 2 aromatic rings. The number of aromatic amines is 1. The van der Waals surface area contributed by atoms with Crippen molar-refractivity contribution in [3.05, 3.63) is 36.0 Å². The molecule has 1 aromatic heterocycles. The quantitative estimate of drug-likeness (QED) is 0.488. The van der Waals surface area contributed by atoms with E-state index >= 15 is 0 Å². The highest BCUT2D eigenvalue weighted by Crippen LogP contribution is 2.19. The smallest absolute Gasteiger partial charge is 0.326 e. The average Bonchev–Trinajstić information content (AvgIpc) is 2.89. The molecule has 1 amide bonds. The number of fused-ring (bicyclic) bond motifs is 1. The second-order valence-electron chi connectivity index (χ2n) is 5.17. The number of benzene rings is 1. The maximum absolute atomic E-state index is 11.7. The number of carboxylic acids is 2. The van der Waals surface area contributed by atoms with Gasteiger partial charge in [-0.3, -0.25) is 9.59 Å². The summed E-state index contributed by atoms with van der Waals surface area (Å²) in [5.74, 6) is -3.23. The zero-order valence-corrected chi connectivity index (χ0v) is 12.2. The lowest BCUT2D eigenvalue weighted by molar-refractivity contribution is -0.142. The van der Waals surface area contributed by atoms with Gasteiger partial charge in [-0.1, -0.05) is 18.2 Å². The number of carboxylic acid groups (broad SMARTS) is 2. The second kappa shape index (κ2) is 6.93. The van der Waals surface area contributed by atoms with Crippen molar-refractivity contribution < 1.29 is 24.6 Å². The fraction of sp³-hybridized carbons (Fsp3) is 0.267. The van der Waals surface area contributed by atoms with Crippen LogP contribution in [0.2, 0.25) is 0 Å². The van der Waals surface area contributed by atoms with E-state index in [0.717, 1.165) is 16.5 Å². The van der Waals surface area contributed by atoms with E-state index in [2.05, 4.69) is 10.3 Å². The van der Waals surface area contributed by atoms with Gasteiger partial charge in [0.05, 0.1) is 6.42 Å². The van der Waals surface area contributed by atoms with Gasteiger partial charge in [0.15, 0.2) is 0 Å². The highest BCUT2D eigenvalue weighted by atomic mass is 16.4. The molecule has 0 aliphatic heterocycles. The number of aliphatic carboxylic acids is 2. The summed E-state index contributed by atoms with van der Waals surface area (Å²) in [6.45, 7) is 0. The first kappa shape index (κ1) is 16.5. The summed E-state index contributed by atoms with van der Waals surface area (Å²) in [5, 5.41) is 21.1. The summed E-state index contributed by atoms with van der Waals surface area (Å²) >= 11 is 0. The predicted molar refractivity (Wildman–Crippen MR) is 81.8 cm³/mol. The van der Waals surface area contributed by atoms with Crippen LogP contribution in [0.5, 0.6) is 0 Å². The molecule has 1 heterocycles. The van der Waals surface area contributed by atoms with E-state index < -0.39 is 36.4 Å². The molecule has 0 saturated carbocycles. The van der Waals surface area contributed by atoms with Gasteiger partial charge in [-0.15, -0.1) is 0 Å². The Hall–Kier alpha value is -2.87. The molecular formula is C15H17N3O5. The molecule has 0 saturated heterocycles. The average molecular weight is 319 g/mol. The molecule has 6 N–H and O–H groups in total. The summed E-state index contributed by atoms with van der Waals surface area (Å²) in [6, 6.07) is 4.87. The molecule has 0 aliphatic rings. The summed E-state index contributed by atoms with van der Waals surface area (Å²) in [5.41, 5.74) is 6.88. The molecule has 8 heteroatoms. The first-order chi connectivity index (χ1) is 10.9. The number of hydrogen-bond acceptors (Lipinski definition) is 4. The number of H-pyrrole nitrogens is 1.